The first-order valence-corrected chi connectivity index (χ1v) is 6.19. The quantitative estimate of drug-likeness (QED) is 0.647. The minimum absolute atomic E-state index is 1.15. The van der Waals surface area contributed by atoms with Gasteiger partial charge in [-0.2, -0.15) is 5.10 Å². The molecule has 0 N–H and O–H groups in total. The van der Waals surface area contributed by atoms with Gasteiger partial charge in [0, 0.05) is 24.2 Å². The van der Waals surface area contributed by atoms with Crippen LogP contribution >= 0.6 is 0 Å². The van der Waals surface area contributed by atoms with Gasteiger partial charge in [0.1, 0.15) is 0 Å². The number of hydrogen-bond acceptors (Lipinski definition) is 2. The summed E-state index contributed by atoms with van der Waals surface area (Å²) >= 11 is 0. The third kappa shape index (κ3) is 2.25. The SMILES string of the molecule is CC.Cc1cnn2cc(-c3ccncc3)ccc12. The van der Waals surface area contributed by atoms with E-state index >= 15 is 0 Å². The third-order valence-corrected chi connectivity index (χ3v) is 2.72. The van der Waals surface area contributed by atoms with E-state index in [4.69, 9.17) is 0 Å². The van der Waals surface area contributed by atoms with Crippen molar-refractivity contribution < 1.29 is 0 Å². The number of fused-ring (bicyclic) bond motifs is 1. The van der Waals surface area contributed by atoms with Crippen molar-refractivity contribution >= 4 is 5.52 Å². The summed E-state index contributed by atoms with van der Waals surface area (Å²) in [5.74, 6) is 0. The Hall–Kier alpha value is -2.16. The first-order valence-electron chi connectivity index (χ1n) is 6.19. The van der Waals surface area contributed by atoms with Gasteiger partial charge in [0.25, 0.3) is 0 Å². The van der Waals surface area contributed by atoms with Crippen molar-refractivity contribution in [1.29, 1.82) is 0 Å². The Morgan fingerprint density at radius 1 is 0.944 bits per heavy atom. The molecule has 0 saturated carbocycles. The van der Waals surface area contributed by atoms with Crippen molar-refractivity contribution in [2.45, 2.75) is 20.8 Å². The lowest BCUT2D eigenvalue weighted by molar-refractivity contribution is 0.963. The Balaban J connectivity index is 0.000000574. The number of pyridine rings is 2. The van der Waals surface area contributed by atoms with E-state index in [1.165, 1.54) is 5.56 Å². The van der Waals surface area contributed by atoms with Gasteiger partial charge in [0.15, 0.2) is 0 Å². The molecular formula is C15H17N3. The van der Waals surface area contributed by atoms with Gasteiger partial charge >= 0.3 is 0 Å². The smallest absolute Gasteiger partial charge is 0.0691 e. The van der Waals surface area contributed by atoms with Crippen molar-refractivity contribution in [2.24, 2.45) is 0 Å². The van der Waals surface area contributed by atoms with E-state index in [2.05, 4.69) is 29.1 Å². The highest BCUT2D eigenvalue weighted by Gasteiger charge is 2.01. The average molecular weight is 239 g/mol. The second kappa shape index (κ2) is 5.45. The maximum absolute atomic E-state index is 4.31. The highest BCUT2D eigenvalue weighted by molar-refractivity contribution is 5.66. The maximum atomic E-state index is 4.31. The first-order chi connectivity index (χ1) is 8.84. The van der Waals surface area contributed by atoms with Gasteiger partial charge in [0.2, 0.25) is 0 Å². The van der Waals surface area contributed by atoms with Crippen LogP contribution in [-0.2, 0) is 0 Å². The van der Waals surface area contributed by atoms with Crippen molar-refractivity contribution in [2.75, 3.05) is 0 Å². The molecule has 3 heterocycles. The molecule has 0 spiro atoms. The monoisotopic (exact) mass is 239 g/mol. The zero-order valence-corrected chi connectivity index (χ0v) is 11.0. The summed E-state index contributed by atoms with van der Waals surface area (Å²) in [4.78, 5) is 4.01. The second-order valence-electron chi connectivity index (χ2n) is 3.81. The molecule has 18 heavy (non-hydrogen) atoms. The second-order valence-corrected chi connectivity index (χ2v) is 3.81. The van der Waals surface area contributed by atoms with Crippen molar-refractivity contribution in [1.82, 2.24) is 14.6 Å². The van der Waals surface area contributed by atoms with Crippen molar-refractivity contribution in [3.63, 3.8) is 0 Å². The molecule has 0 aromatic carbocycles. The predicted molar refractivity (Wildman–Crippen MR) is 74.5 cm³/mol. The van der Waals surface area contributed by atoms with Gasteiger partial charge in [0.05, 0.1) is 11.7 Å². The predicted octanol–water partition coefficient (Wildman–Crippen LogP) is 3.73. The van der Waals surface area contributed by atoms with Crippen LogP contribution in [0.5, 0.6) is 0 Å². The van der Waals surface area contributed by atoms with Crippen LogP contribution in [0.25, 0.3) is 16.6 Å². The standard InChI is InChI=1S/C13H11N3.C2H6/c1-10-8-15-16-9-12(2-3-13(10)16)11-4-6-14-7-5-11;1-2/h2-9H,1H3;1-2H3. The molecule has 3 aromatic rings. The van der Waals surface area contributed by atoms with Crippen LogP contribution < -0.4 is 0 Å². The van der Waals surface area contributed by atoms with E-state index in [1.54, 1.807) is 12.4 Å². The molecule has 0 atom stereocenters. The van der Waals surface area contributed by atoms with Gasteiger partial charge in [-0.1, -0.05) is 19.9 Å². The molecule has 0 amide bonds. The van der Waals surface area contributed by atoms with Crippen molar-refractivity contribution in [3.8, 4) is 11.1 Å². The maximum Gasteiger partial charge on any atom is 0.0691 e. The summed E-state index contributed by atoms with van der Waals surface area (Å²) in [6.07, 6.45) is 7.52. The molecule has 3 heteroatoms. The fourth-order valence-electron chi connectivity index (χ4n) is 1.83. The van der Waals surface area contributed by atoms with Crippen LogP contribution in [0, 0.1) is 6.92 Å². The minimum Gasteiger partial charge on any atom is -0.265 e. The fourth-order valence-corrected chi connectivity index (χ4v) is 1.83. The molecule has 0 radical (unpaired) electrons. The first kappa shape index (κ1) is 12.3. The van der Waals surface area contributed by atoms with Crippen LogP contribution in [0.4, 0.5) is 0 Å². The zero-order chi connectivity index (χ0) is 13.0. The lowest BCUT2D eigenvalue weighted by Gasteiger charge is -2.02. The summed E-state index contributed by atoms with van der Waals surface area (Å²) in [5, 5.41) is 4.31. The highest BCUT2D eigenvalue weighted by Crippen LogP contribution is 2.19. The van der Waals surface area contributed by atoms with Gasteiger partial charge in [-0.05, 0) is 36.2 Å². The molecule has 0 unspecified atom stereocenters. The van der Waals surface area contributed by atoms with E-state index < -0.39 is 0 Å². The fraction of sp³-hybridized carbons (Fsp3) is 0.200. The Morgan fingerprint density at radius 3 is 2.39 bits per heavy atom. The third-order valence-electron chi connectivity index (χ3n) is 2.72. The number of aromatic nitrogens is 3. The van der Waals surface area contributed by atoms with E-state index in [9.17, 15) is 0 Å². The summed E-state index contributed by atoms with van der Waals surface area (Å²) in [5.41, 5.74) is 4.65. The van der Waals surface area contributed by atoms with Gasteiger partial charge < -0.3 is 0 Å². The Bertz CT molecular complexity index is 627. The molecule has 0 aliphatic heterocycles. The van der Waals surface area contributed by atoms with E-state index in [1.807, 2.05) is 42.9 Å². The van der Waals surface area contributed by atoms with Crippen LogP contribution in [0.3, 0.4) is 0 Å². The number of aryl methyl sites for hydroxylation is 1. The summed E-state index contributed by atoms with van der Waals surface area (Å²) in [7, 11) is 0. The molecular weight excluding hydrogens is 222 g/mol. The Morgan fingerprint density at radius 2 is 1.67 bits per heavy atom. The summed E-state index contributed by atoms with van der Waals surface area (Å²) in [6, 6.07) is 8.20. The van der Waals surface area contributed by atoms with Crippen LogP contribution in [0.15, 0.2) is 49.1 Å². The lowest BCUT2D eigenvalue weighted by atomic mass is 10.1. The summed E-state index contributed by atoms with van der Waals surface area (Å²) in [6.45, 7) is 6.06. The van der Waals surface area contributed by atoms with Crippen LogP contribution in [-0.4, -0.2) is 14.6 Å². The number of nitrogens with zero attached hydrogens (tertiary/aromatic N) is 3. The number of hydrogen-bond donors (Lipinski definition) is 0. The molecule has 3 aromatic heterocycles. The van der Waals surface area contributed by atoms with E-state index in [-0.39, 0.29) is 0 Å². The lowest BCUT2D eigenvalue weighted by Crippen LogP contribution is -1.88. The van der Waals surface area contributed by atoms with Crippen LogP contribution in [0.1, 0.15) is 19.4 Å². The Kier molecular flexibility index (Phi) is 3.72. The molecule has 0 aliphatic carbocycles. The highest BCUT2D eigenvalue weighted by atomic mass is 15.2. The normalized spacial score (nSPS) is 9.94. The van der Waals surface area contributed by atoms with E-state index in [0.29, 0.717) is 0 Å². The zero-order valence-electron chi connectivity index (χ0n) is 11.0. The molecule has 0 bridgehead atoms. The van der Waals surface area contributed by atoms with Gasteiger partial charge in [-0.3, -0.25) is 4.98 Å². The number of rotatable bonds is 1. The molecule has 3 nitrogen and oxygen atoms in total. The molecule has 0 aliphatic rings. The molecule has 0 fully saturated rings. The summed E-state index contributed by atoms with van der Waals surface area (Å²) < 4.78 is 1.91. The Labute approximate surface area is 107 Å². The van der Waals surface area contributed by atoms with Crippen molar-refractivity contribution in [3.05, 3.63) is 54.6 Å². The molecule has 3 rings (SSSR count). The average Bonchev–Trinajstić information content (AvgIpc) is 2.83. The molecule has 0 saturated heterocycles. The molecule has 92 valence electrons. The van der Waals surface area contributed by atoms with E-state index in [0.717, 1.165) is 16.6 Å². The van der Waals surface area contributed by atoms with Gasteiger partial charge in [-0.15, -0.1) is 0 Å². The minimum atomic E-state index is 1.15. The van der Waals surface area contributed by atoms with Gasteiger partial charge in [-0.25, -0.2) is 4.52 Å². The largest absolute Gasteiger partial charge is 0.265 e. The topological polar surface area (TPSA) is 30.2 Å². The van der Waals surface area contributed by atoms with Crippen LogP contribution in [0.2, 0.25) is 0 Å².